The lowest BCUT2D eigenvalue weighted by molar-refractivity contribution is -0.156. The molecule has 2 heterocycles. The van der Waals surface area contributed by atoms with Crippen LogP contribution in [0.2, 0.25) is 0 Å². The van der Waals surface area contributed by atoms with Crippen LogP contribution in [0.4, 0.5) is 13.2 Å². The number of ether oxygens (including phenoxy) is 1. The first-order valence-electron chi connectivity index (χ1n) is 6.60. The van der Waals surface area contributed by atoms with Gasteiger partial charge in [0.2, 0.25) is 6.29 Å². The molecule has 0 bridgehead atoms. The van der Waals surface area contributed by atoms with E-state index in [1.165, 1.54) is 0 Å². The van der Waals surface area contributed by atoms with Gasteiger partial charge in [-0.25, -0.2) is 0 Å². The molecule has 0 aliphatic carbocycles. The molecule has 1 N–H and O–H groups in total. The van der Waals surface area contributed by atoms with Crippen LogP contribution in [-0.4, -0.2) is 50.0 Å². The zero-order valence-electron chi connectivity index (χ0n) is 11.8. The second-order valence-corrected chi connectivity index (χ2v) is 4.80. The fraction of sp³-hybridized carbons (Fsp3) is 0.429. The minimum Gasteiger partial charge on any atom is -0.496 e. The van der Waals surface area contributed by atoms with E-state index in [1.807, 2.05) is 23.1 Å². The number of alkyl halides is 3. The normalized spacial score (nSPS) is 19.7. The molecule has 8 heteroatoms. The van der Waals surface area contributed by atoms with Crippen molar-refractivity contribution in [3.05, 3.63) is 29.3 Å². The van der Waals surface area contributed by atoms with Gasteiger partial charge in [-0.2, -0.15) is 13.2 Å². The van der Waals surface area contributed by atoms with Crippen LogP contribution in [0.3, 0.4) is 0 Å². The van der Waals surface area contributed by atoms with Gasteiger partial charge in [0, 0.05) is 19.6 Å². The maximum Gasteiger partial charge on any atom is 0.446 e. The van der Waals surface area contributed by atoms with Crippen LogP contribution in [-0.2, 0) is 4.79 Å². The summed E-state index contributed by atoms with van der Waals surface area (Å²) in [6.45, 7) is 2.49. The molecular weight excluding hydrogens is 301 g/mol. The molecule has 1 amide bonds. The number of halogens is 3. The van der Waals surface area contributed by atoms with Crippen LogP contribution in [0.5, 0.6) is 5.75 Å². The summed E-state index contributed by atoms with van der Waals surface area (Å²) >= 11 is 0. The summed E-state index contributed by atoms with van der Waals surface area (Å²) in [4.78, 5) is 22.9. The SMILES string of the molecule is COc1cccc2c1C(=O)N1CCNCC21.O=CC(F)(F)F. The highest BCUT2D eigenvalue weighted by Gasteiger charge is 2.39. The fourth-order valence-electron chi connectivity index (χ4n) is 2.59. The second kappa shape index (κ2) is 6.35. The van der Waals surface area contributed by atoms with Gasteiger partial charge in [-0.15, -0.1) is 0 Å². The van der Waals surface area contributed by atoms with E-state index in [0.717, 1.165) is 30.8 Å². The summed E-state index contributed by atoms with van der Waals surface area (Å²) in [7, 11) is 1.61. The fourth-order valence-corrected chi connectivity index (χ4v) is 2.59. The predicted octanol–water partition coefficient (Wildman–Crippen LogP) is 1.54. The number of benzene rings is 1. The Kier molecular flexibility index (Phi) is 4.70. The first-order chi connectivity index (χ1) is 10.4. The molecule has 3 rings (SSSR count). The van der Waals surface area contributed by atoms with Crippen molar-refractivity contribution in [1.29, 1.82) is 0 Å². The van der Waals surface area contributed by atoms with Gasteiger partial charge in [-0.05, 0) is 11.6 Å². The van der Waals surface area contributed by atoms with Crippen LogP contribution in [0.15, 0.2) is 18.2 Å². The van der Waals surface area contributed by atoms with Crippen molar-refractivity contribution in [2.75, 3.05) is 26.7 Å². The van der Waals surface area contributed by atoms with Crippen LogP contribution < -0.4 is 10.1 Å². The first kappa shape index (κ1) is 16.3. The molecule has 0 radical (unpaired) electrons. The van der Waals surface area contributed by atoms with Gasteiger partial charge in [-0.3, -0.25) is 9.59 Å². The predicted molar refractivity (Wildman–Crippen MR) is 71.8 cm³/mol. The quantitative estimate of drug-likeness (QED) is 0.799. The van der Waals surface area contributed by atoms with Gasteiger partial charge in [0.15, 0.2) is 0 Å². The monoisotopic (exact) mass is 316 g/mol. The highest BCUT2D eigenvalue weighted by atomic mass is 19.4. The number of rotatable bonds is 1. The Hall–Kier alpha value is -2.09. The number of methoxy groups -OCH3 is 1. The zero-order valence-corrected chi connectivity index (χ0v) is 11.8. The zero-order chi connectivity index (χ0) is 16.3. The van der Waals surface area contributed by atoms with Crippen LogP contribution >= 0.6 is 0 Å². The molecule has 0 spiro atoms. The van der Waals surface area contributed by atoms with Gasteiger partial charge in [0.05, 0.1) is 18.7 Å². The average molecular weight is 316 g/mol. The van der Waals surface area contributed by atoms with Crippen molar-refractivity contribution in [2.24, 2.45) is 0 Å². The van der Waals surface area contributed by atoms with E-state index in [4.69, 9.17) is 9.53 Å². The van der Waals surface area contributed by atoms with Crippen LogP contribution in [0.25, 0.3) is 0 Å². The largest absolute Gasteiger partial charge is 0.496 e. The number of nitrogens with zero attached hydrogens (tertiary/aromatic N) is 1. The number of hydrogen-bond acceptors (Lipinski definition) is 4. The summed E-state index contributed by atoms with van der Waals surface area (Å²) in [5.74, 6) is 0.802. The van der Waals surface area contributed by atoms with E-state index >= 15 is 0 Å². The molecule has 1 fully saturated rings. The van der Waals surface area contributed by atoms with E-state index in [9.17, 15) is 18.0 Å². The highest BCUT2D eigenvalue weighted by Crippen LogP contribution is 2.38. The molecule has 1 aromatic carbocycles. The van der Waals surface area contributed by atoms with E-state index in [0.29, 0.717) is 5.75 Å². The molecule has 0 saturated carbocycles. The number of aldehydes is 1. The molecule has 5 nitrogen and oxygen atoms in total. The number of nitrogens with one attached hydrogen (secondary N) is 1. The minimum absolute atomic E-state index is 0.110. The smallest absolute Gasteiger partial charge is 0.446 e. The number of hydrogen-bond donors (Lipinski definition) is 1. The molecule has 2 aliphatic rings. The minimum atomic E-state index is -4.64. The number of amides is 1. The lowest BCUT2D eigenvalue weighted by atomic mass is 10.0. The third-order valence-corrected chi connectivity index (χ3v) is 3.49. The number of carbonyl (C=O) groups is 2. The molecule has 1 unspecified atom stereocenters. The standard InChI is InChI=1S/C12H14N2O2.C2HF3O/c1-16-10-4-2-3-8-9-7-13-5-6-14(9)12(15)11(8)10;3-2(4,5)1-6/h2-4,9,13H,5-7H2,1H3;1H. The van der Waals surface area contributed by atoms with Gasteiger partial charge >= 0.3 is 6.18 Å². The molecular formula is C14H15F3N2O3. The van der Waals surface area contributed by atoms with Gasteiger partial charge in [0.25, 0.3) is 5.91 Å². The molecule has 22 heavy (non-hydrogen) atoms. The Bertz CT molecular complexity index is 575. The summed E-state index contributed by atoms with van der Waals surface area (Å²) in [5.41, 5.74) is 1.84. The first-order valence-corrected chi connectivity index (χ1v) is 6.60. The average Bonchev–Trinajstić information content (AvgIpc) is 2.81. The topological polar surface area (TPSA) is 58.6 Å². The Labute approximate surface area is 125 Å². The highest BCUT2D eigenvalue weighted by molar-refractivity contribution is 6.01. The lowest BCUT2D eigenvalue weighted by Crippen LogP contribution is -2.44. The van der Waals surface area contributed by atoms with Crippen molar-refractivity contribution in [1.82, 2.24) is 10.2 Å². The maximum atomic E-state index is 12.2. The van der Waals surface area contributed by atoms with Crippen molar-refractivity contribution >= 4 is 12.2 Å². The maximum absolute atomic E-state index is 12.2. The van der Waals surface area contributed by atoms with Gasteiger partial charge < -0.3 is 15.0 Å². The van der Waals surface area contributed by atoms with E-state index in [-0.39, 0.29) is 11.9 Å². The Morgan fingerprint density at radius 2 is 2.09 bits per heavy atom. The molecule has 1 aromatic rings. The Morgan fingerprint density at radius 3 is 2.68 bits per heavy atom. The molecule has 120 valence electrons. The third-order valence-electron chi connectivity index (χ3n) is 3.49. The summed E-state index contributed by atoms with van der Waals surface area (Å²) in [5, 5.41) is 3.32. The lowest BCUT2D eigenvalue weighted by Gasteiger charge is -2.30. The summed E-state index contributed by atoms with van der Waals surface area (Å²) < 4.78 is 36.5. The van der Waals surface area contributed by atoms with Crippen molar-refractivity contribution in [3.8, 4) is 5.75 Å². The van der Waals surface area contributed by atoms with Crippen molar-refractivity contribution in [2.45, 2.75) is 12.2 Å². The van der Waals surface area contributed by atoms with Crippen molar-refractivity contribution in [3.63, 3.8) is 0 Å². The van der Waals surface area contributed by atoms with Crippen LogP contribution in [0, 0.1) is 0 Å². The van der Waals surface area contributed by atoms with Gasteiger partial charge in [0.1, 0.15) is 5.75 Å². The number of fused-ring (bicyclic) bond motifs is 3. The van der Waals surface area contributed by atoms with Crippen molar-refractivity contribution < 1.29 is 27.5 Å². The molecule has 2 aliphatic heterocycles. The number of piperazine rings is 1. The summed E-state index contributed by atoms with van der Waals surface area (Å²) in [6, 6.07) is 6.00. The van der Waals surface area contributed by atoms with Crippen LogP contribution in [0.1, 0.15) is 22.0 Å². The molecule has 1 saturated heterocycles. The van der Waals surface area contributed by atoms with E-state index in [1.54, 1.807) is 7.11 Å². The van der Waals surface area contributed by atoms with E-state index in [2.05, 4.69) is 5.32 Å². The Morgan fingerprint density at radius 1 is 1.41 bits per heavy atom. The second-order valence-electron chi connectivity index (χ2n) is 4.80. The Balaban J connectivity index is 0.000000254. The van der Waals surface area contributed by atoms with E-state index < -0.39 is 12.5 Å². The summed E-state index contributed by atoms with van der Waals surface area (Å²) in [6.07, 6.45) is -5.70. The molecule has 0 aromatic heterocycles. The number of carbonyl (C=O) groups excluding carboxylic acids is 2. The van der Waals surface area contributed by atoms with Gasteiger partial charge in [-0.1, -0.05) is 12.1 Å². The third kappa shape index (κ3) is 3.22. The molecule has 1 atom stereocenters.